The molecule has 0 aliphatic rings. The van der Waals surface area contributed by atoms with E-state index >= 15 is 0 Å². The fourth-order valence-electron chi connectivity index (χ4n) is 0.666. The Morgan fingerprint density at radius 2 is 1.80 bits per heavy atom. The first-order chi connectivity index (χ1) is 4.18. The molecule has 1 nitrogen and oxygen atoms in total. The van der Waals surface area contributed by atoms with Gasteiger partial charge >= 0.3 is 0 Å². The normalized spacial score (nSPS) is 10.2. The van der Waals surface area contributed by atoms with Gasteiger partial charge in [-0.15, -0.1) is 0 Å². The van der Waals surface area contributed by atoms with Gasteiger partial charge < -0.3 is 4.90 Å². The minimum atomic E-state index is 0. The highest BCUT2D eigenvalue weighted by Gasteiger charge is 1.99. The summed E-state index contributed by atoms with van der Waals surface area (Å²) in [5.41, 5.74) is 0. The summed E-state index contributed by atoms with van der Waals surface area (Å²) in [4.78, 5) is 2.38. The molecule has 0 unspecified atom stereocenters. The summed E-state index contributed by atoms with van der Waals surface area (Å²) in [5, 5.41) is 0. The molecule has 0 heterocycles. The van der Waals surface area contributed by atoms with Gasteiger partial charge in [0.25, 0.3) is 0 Å². The minimum Gasteiger partial charge on any atom is -0.304 e. The summed E-state index contributed by atoms with van der Waals surface area (Å²) in [7, 11) is 2.18. The van der Waals surface area contributed by atoms with Crippen LogP contribution < -0.4 is 0 Å². The Morgan fingerprint density at radius 1 is 1.30 bits per heavy atom. The van der Waals surface area contributed by atoms with Crippen molar-refractivity contribution in [2.24, 2.45) is 0 Å². The van der Waals surface area contributed by atoms with Gasteiger partial charge in [0.15, 0.2) is 0 Å². The smallest absolute Gasteiger partial charge is 0.00355 e. The van der Waals surface area contributed by atoms with Crippen molar-refractivity contribution in [1.82, 2.24) is 4.90 Å². The molecule has 0 amide bonds. The molecule has 0 spiro atoms. The second-order valence-electron chi connectivity index (χ2n) is 2.93. The molecule has 0 bridgehead atoms. The Morgan fingerprint density at radius 3 is 2.10 bits per heavy atom. The lowest BCUT2D eigenvalue weighted by molar-refractivity contribution is 0.270. The zero-order valence-electron chi connectivity index (χ0n) is 7.15. The number of nitrogens with zero attached hydrogens (tertiary/aromatic N) is 1. The highest BCUT2D eigenvalue weighted by atomic mass is 15.1. The van der Waals surface area contributed by atoms with E-state index in [2.05, 4.69) is 32.7 Å². The second kappa shape index (κ2) is 7.07. The van der Waals surface area contributed by atoms with E-state index in [4.69, 9.17) is 0 Å². The Bertz CT molecular complexity index is 59.7. The fraction of sp³-hybridized carbons (Fsp3) is 1.00. The van der Waals surface area contributed by atoms with Gasteiger partial charge in [0.2, 0.25) is 0 Å². The van der Waals surface area contributed by atoms with Crippen LogP contribution >= 0.6 is 0 Å². The van der Waals surface area contributed by atoms with Crippen LogP contribution in [0.5, 0.6) is 0 Å². The van der Waals surface area contributed by atoms with E-state index in [-0.39, 0.29) is 7.43 Å². The maximum absolute atomic E-state index is 2.38. The van der Waals surface area contributed by atoms with Crippen LogP contribution in [0.25, 0.3) is 0 Å². The number of hydrogen-bond donors (Lipinski definition) is 0. The van der Waals surface area contributed by atoms with Crippen molar-refractivity contribution >= 4 is 0 Å². The largest absolute Gasteiger partial charge is 0.304 e. The second-order valence-corrected chi connectivity index (χ2v) is 2.93. The molecule has 0 radical (unpaired) electrons. The predicted molar refractivity (Wildman–Crippen MR) is 49.4 cm³/mol. The van der Waals surface area contributed by atoms with Crippen LogP contribution in [-0.2, 0) is 0 Å². The van der Waals surface area contributed by atoms with Crippen LogP contribution in [0.4, 0.5) is 0 Å². The van der Waals surface area contributed by atoms with Gasteiger partial charge in [-0.1, -0.05) is 20.8 Å². The van der Waals surface area contributed by atoms with Crippen LogP contribution in [0, 0.1) is 0 Å². The van der Waals surface area contributed by atoms with Crippen molar-refractivity contribution in [1.29, 1.82) is 0 Å². The highest BCUT2D eigenvalue weighted by molar-refractivity contribution is 4.55. The maximum Gasteiger partial charge on any atom is 0.00355 e. The first-order valence-electron chi connectivity index (χ1n) is 3.88. The van der Waals surface area contributed by atoms with E-state index in [1.54, 1.807) is 0 Å². The fourth-order valence-corrected chi connectivity index (χ4v) is 0.666. The minimum absolute atomic E-state index is 0. The molecule has 0 N–H and O–H groups in total. The Hall–Kier alpha value is -0.0400. The first-order valence-corrected chi connectivity index (χ1v) is 3.88. The van der Waals surface area contributed by atoms with E-state index in [1.165, 1.54) is 19.4 Å². The third-order valence-electron chi connectivity index (χ3n) is 1.75. The van der Waals surface area contributed by atoms with E-state index in [0.717, 1.165) is 0 Å². The molecule has 0 saturated heterocycles. The van der Waals surface area contributed by atoms with Crippen molar-refractivity contribution in [3.63, 3.8) is 0 Å². The molecule has 0 aliphatic heterocycles. The van der Waals surface area contributed by atoms with Gasteiger partial charge in [0, 0.05) is 6.04 Å². The molecule has 0 atom stereocenters. The van der Waals surface area contributed by atoms with Gasteiger partial charge in [-0.3, -0.25) is 0 Å². The predicted octanol–water partition coefficient (Wildman–Crippen LogP) is 2.76. The highest BCUT2D eigenvalue weighted by Crippen LogP contribution is 1.96. The SMILES string of the molecule is C.CCCCN(C)C(C)C. The summed E-state index contributed by atoms with van der Waals surface area (Å²) >= 11 is 0. The van der Waals surface area contributed by atoms with Gasteiger partial charge in [0.05, 0.1) is 0 Å². The molecule has 0 aromatic carbocycles. The molecule has 0 aromatic heterocycles. The molecule has 0 saturated carbocycles. The number of rotatable bonds is 4. The lowest BCUT2D eigenvalue weighted by Gasteiger charge is -2.19. The molecule has 0 aliphatic carbocycles. The van der Waals surface area contributed by atoms with Gasteiger partial charge in [0.1, 0.15) is 0 Å². The van der Waals surface area contributed by atoms with Gasteiger partial charge in [-0.05, 0) is 33.9 Å². The Kier molecular flexibility index (Phi) is 8.92. The molecule has 10 heavy (non-hydrogen) atoms. The summed E-state index contributed by atoms with van der Waals surface area (Å²) in [6, 6.07) is 0.705. The van der Waals surface area contributed by atoms with Crippen molar-refractivity contribution in [2.75, 3.05) is 13.6 Å². The van der Waals surface area contributed by atoms with Gasteiger partial charge in [-0.2, -0.15) is 0 Å². The standard InChI is InChI=1S/C8H19N.CH4/c1-5-6-7-9(4)8(2)3;/h8H,5-7H2,1-4H3;1H4. The lowest BCUT2D eigenvalue weighted by atomic mass is 10.3. The summed E-state index contributed by atoms with van der Waals surface area (Å²) in [6.45, 7) is 7.94. The molecular formula is C9H23N. The quantitative estimate of drug-likeness (QED) is 0.588. The Labute approximate surface area is 66.4 Å². The van der Waals surface area contributed by atoms with Crippen LogP contribution in [0.3, 0.4) is 0 Å². The number of unbranched alkanes of at least 4 members (excludes halogenated alkanes) is 1. The third kappa shape index (κ3) is 6.09. The third-order valence-corrected chi connectivity index (χ3v) is 1.75. The summed E-state index contributed by atoms with van der Waals surface area (Å²) < 4.78 is 0. The lowest BCUT2D eigenvalue weighted by Crippen LogP contribution is -2.26. The Balaban J connectivity index is 0. The topological polar surface area (TPSA) is 3.24 Å². The molecule has 0 fully saturated rings. The van der Waals surface area contributed by atoms with E-state index in [9.17, 15) is 0 Å². The molecule has 0 aromatic rings. The van der Waals surface area contributed by atoms with E-state index in [0.29, 0.717) is 6.04 Å². The first kappa shape index (κ1) is 12.6. The van der Waals surface area contributed by atoms with Crippen LogP contribution in [-0.4, -0.2) is 24.5 Å². The van der Waals surface area contributed by atoms with E-state index in [1.807, 2.05) is 0 Å². The molecular weight excluding hydrogens is 122 g/mol. The monoisotopic (exact) mass is 145 g/mol. The zero-order valence-corrected chi connectivity index (χ0v) is 7.15. The van der Waals surface area contributed by atoms with Crippen molar-refractivity contribution < 1.29 is 0 Å². The van der Waals surface area contributed by atoms with E-state index < -0.39 is 0 Å². The zero-order chi connectivity index (χ0) is 7.28. The summed E-state index contributed by atoms with van der Waals surface area (Å²) in [5.74, 6) is 0. The van der Waals surface area contributed by atoms with Crippen LogP contribution in [0.15, 0.2) is 0 Å². The van der Waals surface area contributed by atoms with Crippen LogP contribution in [0.1, 0.15) is 41.0 Å². The van der Waals surface area contributed by atoms with Crippen molar-refractivity contribution in [3.8, 4) is 0 Å². The van der Waals surface area contributed by atoms with Gasteiger partial charge in [-0.25, -0.2) is 0 Å². The average Bonchev–Trinajstić information content (AvgIpc) is 1.82. The maximum atomic E-state index is 2.38. The molecule has 64 valence electrons. The van der Waals surface area contributed by atoms with Crippen molar-refractivity contribution in [3.05, 3.63) is 0 Å². The summed E-state index contributed by atoms with van der Waals surface area (Å²) in [6.07, 6.45) is 2.63. The number of hydrogen-bond acceptors (Lipinski definition) is 1. The molecule has 0 rings (SSSR count). The average molecular weight is 145 g/mol. The molecule has 1 heteroatoms. The van der Waals surface area contributed by atoms with Crippen molar-refractivity contribution in [2.45, 2.75) is 47.1 Å². The van der Waals surface area contributed by atoms with Crippen LogP contribution in [0.2, 0.25) is 0 Å².